The van der Waals surface area contributed by atoms with Crippen molar-refractivity contribution in [2.45, 2.75) is 90.4 Å². The Morgan fingerprint density at radius 1 is 0.762 bits per heavy atom. The van der Waals surface area contributed by atoms with E-state index in [1.807, 2.05) is 6.92 Å². The molecule has 0 spiro atoms. The lowest BCUT2D eigenvalue weighted by molar-refractivity contribution is -0.142. The second-order valence-corrected chi connectivity index (χ2v) is 5.94. The Morgan fingerprint density at radius 3 is 1.67 bits per heavy atom. The highest BCUT2D eigenvalue weighted by Crippen LogP contribution is 2.17. The van der Waals surface area contributed by atoms with E-state index in [0.29, 0.717) is 6.42 Å². The Kier molecular flexibility index (Phi) is 13.2. The first-order chi connectivity index (χ1) is 10.1. The summed E-state index contributed by atoms with van der Waals surface area (Å²) in [5.41, 5.74) is 0. The van der Waals surface area contributed by atoms with E-state index in [4.69, 9.17) is 10.2 Å². The van der Waals surface area contributed by atoms with Crippen LogP contribution in [0.4, 0.5) is 0 Å². The molecule has 0 radical (unpaired) electrons. The molecule has 124 valence electrons. The maximum Gasteiger partial charge on any atom is 0.306 e. The van der Waals surface area contributed by atoms with Crippen LogP contribution in [0.1, 0.15) is 90.4 Å². The highest BCUT2D eigenvalue weighted by molar-refractivity contribution is 5.69. The highest BCUT2D eigenvalue weighted by Gasteiger charge is 2.15. The summed E-state index contributed by atoms with van der Waals surface area (Å²) in [6, 6.07) is 0. The van der Waals surface area contributed by atoms with Crippen molar-refractivity contribution >= 4 is 11.9 Å². The number of hydrogen-bond acceptors (Lipinski definition) is 2. The van der Waals surface area contributed by atoms with Crippen LogP contribution in [-0.4, -0.2) is 22.2 Å². The van der Waals surface area contributed by atoms with Crippen LogP contribution in [0.15, 0.2) is 0 Å². The van der Waals surface area contributed by atoms with E-state index in [1.165, 1.54) is 25.7 Å². The number of rotatable bonds is 15. The minimum atomic E-state index is -0.697. The van der Waals surface area contributed by atoms with Gasteiger partial charge in [0, 0.05) is 6.42 Å². The van der Waals surface area contributed by atoms with Gasteiger partial charge in [-0.2, -0.15) is 0 Å². The first-order valence-corrected chi connectivity index (χ1v) is 8.52. The molecular weight excluding hydrogens is 268 g/mol. The van der Waals surface area contributed by atoms with Crippen LogP contribution in [0.3, 0.4) is 0 Å². The lowest BCUT2D eigenvalue weighted by Crippen LogP contribution is -2.13. The molecule has 1 atom stereocenters. The summed E-state index contributed by atoms with van der Waals surface area (Å²) in [5.74, 6) is -1.49. The first kappa shape index (κ1) is 19.9. The summed E-state index contributed by atoms with van der Waals surface area (Å²) >= 11 is 0. The van der Waals surface area contributed by atoms with E-state index in [9.17, 15) is 9.59 Å². The van der Waals surface area contributed by atoms with E-state index in [-0.39, 0.29) is 5.92 Å². The zero-order valence-electron chi connectivity index (χ0n) is 13.5. The van der Waals surface area contributed by atoms with Crippen molar-refractivity contribution in [2.75, 3.05) is 0 Å². The van der Waals surface area contributed by atoms with Gasteiger partial charge in [-0.1, -0.05) is 64.7 Å². The molecule has 2 N–H and O–H groups in total. The molecule has 0 rings (SSSR count). The zero-order valence-corrected chi connectivity index (χ0v) is 13.5. The van der Waals surface area contributed by atoms with Crippen molar-refractivity contribution in [3.8, 4) is 0 Å². The number of unbranched alkanes of at least 4 members (excludes halogenated alkanes) is 8. The average Bonchev–Trinajstić information content (AvgIpc) is 2.42. The molecule has 0 bridgehead atoms. The molecule has 4 nitrogen and oxygen atoms in total. The Bertz CT molecular complexity index is 276. The molecule has 21 heavy (non-hydrogen) atoms. The summed E-state index contributed by atoms with van der Waals surface area (Å²) in [4.78, 5) is 21.3. The van der Waals surface area contributed by atoms with E-state index in [1.54, 1.807) is 0 Å². The van der Waals surface area contributed by atoms with Gasteiger partial charge in [-0.05, 0) is 19.3 Å². The molecular formula is C17H32O4. The number of aliphatic carboxylic acids is 2. The van der Waals surface area contributed by atoms with Gasteiger partial charge in [-0.15, -0.1) is 0 Å². The van der Waals surface area contributed by atoms with Crippen LogP contribution in [0.5, 0.6) is 0 Å². The van der Waals surface area contributed by atoms with Gasteiger partial charge in [-0.25, -0.2) is 0 Å². The van der Waals surface area contributed by atoms with Crippen molar-refractivity contribution in [1.82, 2.24) is 0 Å². The maximum atomic E-state index is 11.0. The van der Waals surface area contributed by atoms with Crippen LogP contribution >= 0.6 is 0 Å². The minimum absolute atomic E-state index is 0.149. The Labute approximate surface area is 128 Å². The van der Waals surface area contributed by atoms with Crippen LogP contribution in [0.2, 0.25) is 0 Å². The maximum absolute atomic E-state index is 11.0. The predicted octanol–water partition coefficient (Wildman–Crippen LogP) is 4.86. The van der Waals surface area contributed by atoms with Crippen LogP contribution in [0.25, 0.3) is 0 Å². The summed E-state index contributed by atoms with van der Waals surface area (Å²) in [6.07, 6.45) is 12.8. The van der Waals surface area contributed by atoms with Crippen molar-refractivity contribution in [3.05, 3.63) is 0 Å². The molecule has 0 aromatic rings. The fourth-order valence-corrected chi connectivity index (χ4v) is 2.64. The quantitative estimate of drug-likeness (QED) is 0.423. The summed E-state index contributed by atoms with van der Waals surface area (Å²) in [7, 11) is 0. The lowest BCUT2D eigenvalue weighted by atomic mass is 9.96. The van der Waals surface area contributed by atoms with Gasteiger partial charge in [-0.3, -0.25) is 9.59 Å². The molecule has 0 aromatic carbocycles. The van der Waals surface area contributed by atoms with Crippen molar-refractivity contribution < 1.29 is 19.8 Å². The average molecular weight is 300 g/mol. The Morgan fingerprint density at radius 2 is 1.24 bits per heavy atom. The Hall–Kier alpha value is -1.06. The molecule has 4 heteroatoms. The molecule has 0 saturated carbocycles. The molecule has 0 heterocycles. The lowest BCUT2D eigenvalue weighted by Gasteiger charge is -2.10. The number of carbonyl (C=O) groups is 2. The molecule has 0 fully saturated rings. The first-order valence-electron chi connectivity index (χ1n) is 8.52. The van der Waals surface area contributed by atoms with Gasteiger partial charge in [0.15, 0.2) is 0 Å². The number of carboxylic acid groups (broad SMARTS) is 2. The van der Waals surface area contributed by atoms with E-state index in [2.05, 4.69) is 0 Å². The fourth-order valence-electron chi connectivity index (χ4n) is 2.64. The van der Waals surface area contributed by atoms with Crippen molar-refractivity contribution in [3.63, 3.8) is 0 Å². The molecule has 0 aliphatic heterocycles. The summed E-state index contributed by atoms with van der Waals surface area (Å²) in [6.45, 7) is 2.03. The third-order valence-corrected chi connectivity index (χ3v) is 3.93. The van der Waals surface area contributed by atoms with Crippen molar-refractivity contribution in [1.29, 1.82) is 0 Å². The fraction of sp³-hybridized carbons (Fsp3) is 0.882. The summed E-state index contributed by atoms with van der Waals surface area (Å²) < 4.78 is 0. The Balaban J connectivity index is 3.28. The second kappa shape index (κ2) is 13.9. The van der Waals surface area contributed by atoms with Gasteiger partial charge in [0.05, 0.1) is 5.92 Å². The zero-order chi connectivity index (χ0) is 15.9. The highest BCUT2D eigenvalue weighted by atomic mass is 16.4. The van der Waals surface area contributed by atoms with Crippen LogP contribution in [-0.2, 0) is 9.59 Å². The topological polar surface area (TPSA) is 74.6 Å². The second-order valence-electron chi connectivity index (χ2n) is 5.94. The molecule has 1 unspecified atom stereocenters. The normalized spacial score (nSPS) is 12.2. The van der Waals surface area contributed by atoms with Crippen LogP contribution < -0.4 is 0 Å². The van der Waals surface area contributed by atoms with Gasteiger partial charge >= 0.3 is 11.9 Å². The van der Waals surface area contributed by atoms with Gasteiger partial charge in [0.25, 0.3) is 0 Å². The third-order valence-electron chi connectivity index (χ3n) is 3.93. The van der Waals surface area contributed by atoms with Gasteiger partial charge in [0.1, 0.15) is 0 Å². The molecule has 0 aliphatic carbocycles. The third kappa shape index (κ3) is 13.7. The largest absolute Gasteiger partial charge is 0.481 e. The van der Waals surface area contributed by atoms with Crippen LogP contribution in [0, 0.1) is 5.92 Å². The van der Waals surface area contributed by atoms with Gasteiger partial charge < -0.3 is 10.2 Å². The smallest absolute Gasteiger partial charge is 0.306 e. The molecule has 0 saturated heterocycles. The van der Waals surface area contributed by atoms with E-state index >= 15 is 0 Å². The molecule has 0 aromatic heterocycles. The molecule has 0 aliphatic rings. The number of hydrogen-bond donors (Lipinski definition) is 2. The molecule has 0 amide bonds. The minimum Gasteiger partial charge on any atom is -0.481 e. The van der Waals surface area contributed by atoms with Gasteiger partial charge in [0.2, 0.25) is 0 Å². The standard InChI is InChI=1S/C17H32O4/c1-2-12-15(17(20)21)13-10-8-6-4-3-5-7-9-11-14-16(18)19/h15H,2-14H2,1H3,(H,18,19)(H,20,21). The predicted molar refractivity (Wildman–Crippen MR) is 84.5 cm³/mol. The van der Waals surface area contributed by atoms with E-state index in [0.717, 1.165) is 51.4 Å². The SMILES string of the molecule is CCCC(CCCCCCCCCCCC(=O)O)C(=O)O. The van der Waals surface area contributed by atoms with E-state index < -0.39 is 11.9 Å². The summed E-state index contributed by atoms with van der Waals surface area (Å²) in [5, 5.41) is 17.6. The van der Waals surface area contributed by atoms with Crippen molar-refractivity contribution in [2.24, 2.45) is 5.92 Å². The number of carboxylic acids is 2. The monoisotopic (exact) mass is 300 g/mol.